The number of rotatable bonds is 4. The van der Waals surface area contributed by atoms with E-state index in [4.69, 9.17) is 21.1 Å². The molecule has 2 aromatic carbocycles. The number of benzene rings is 2. The van der Waals surface area contributed by atoms with Crippen LogP contribution < -0.4 is 14.8 Å². The Labute approximate surface area is 166 Å². The third-order valence-electron chi connectivity index (χ3n) is 5.04. The summed E-state index contributed by atoms with van der Waals surface area (Å²) in [5.41, 5.74) is -0.0382. The number of imide groups is 1. The van der Waals surface area contributed by atoms with Gasteiger partial charge in [0.05, 0.1) is 11.6 Å². The Morgan fingerprint density at radius 1 is 1.18 bits per heavy atom. The van der Waals surface area contributed by atoms with Gasteiger partial charge >= 0.3 is 6.03 Å². The molecule has 3 amide bonds. The lowest BCUT2D eigenvalue weighted by Gasteiger charge is -2.26. The normalized spacial score (nSPS) is 21.0. The fraction of sp³-hybridized carbons (Fsp3) is 0.300. The number of halogens is 2. The second-order valence-electron chi connectivity index (χ2n) is 6.69. The first-order valence-corrected chi connectivity index (χ1v) is 9.30. The fourth-order valence-electron chi connectivity index (χ4n) is 3.58. The van der Waals surface area contributed by atoms with E-state index in [0.29, 0.717) is 47.3 Å². The standard InChI is InChI=1S/C20H18ClFN2O4/c1-2-20(13-3-5-14(22)6-4-13)18(25)24(19(26)23-20)11-12-9-15(21)17-16(10-12)27-7-8-28-17/h3-6,9-10H,2,7-8,11H2,1H3,(H,23,26)/t20-/m1/s1. The third-order valence-corrected chi connectivity index (χ3v) is 5.32. The van der Waals surface area contributed by atoms with Crippen molar-refractivity contribution in [2.75, 3.05) is 13.2 Å². The zero-order valence-corrected chi connectivity index (χ0v) is 15.9. The van der Waals surface area contributed by atoms with Crippen molar-refractivity contribution >= 4 is 23.5 Å². The molecule has 0 aliphatic carbocycles. The molecule has 1 atom stereocenters. The van der Waals surface area contributed by atoms with E-state index in [1.54, 1.807) is 19.1 Å². The van der Waals surface area contributed by atoms with Gasteiger partial charge in [-0.1, -0.05) is 30.7 Å². The molecule has 0 aromatic heterocycles. The second kappa shape index (κ2) is 6.98. The number of hydrogen-bond donors (Lipinski definition) is 1. The summed E-state index contributed by atoms with van der Waals surface area (Å²) in [5, 5.41) is 3.14. The summed E-state index contributed by atoms with van der Waals surface area (Å²) in [7, 11) is 0. The molecule has 0 saturated carbocycles. The van der Waals surface area contributed by atoms with E-state index >= 15 is 0 Å². The number of nitrogens with one attached hydrogen (secondary N) is 1. The number of ether oxygens (including phenoxy) is 2. The SMILES string of the molecule is CC[C@]1(c2ccc(F)cc2)NC(=O)N(Cc2cc(Cl)c3c(c2)OCCO3)C1=O. The Morgan fingerprint density at radius 3 is 2.61 bits per heavy atom. The molecule has 0 unspecified atom stereocenters. The average molecular weight is 405 g/mol. The number of carbonyl (C=O) groups excluding carboxylic acids is 2. The maximum atomic E-state index is 13.3. The van der Waals surface area contributed by atoms with Crippen molar-refractivity contribution in [3.63, 3.8) is 0 Å². The van der Waals surface area contributed by atoms with Crippen LogP contribution in [0.25, 0.3) is 0 Å². The first kappa shape index (κ1) is 18.6. The lowest BCUT2D eigenvalue weighted by molar-refractivity contribution is -0.132. The molecule has 28 heavy (non-hydrogen) atoms. The molecule has 2 heterocycles. The van der Waals surface area contributed by atoms with Crippen LogP contribution in [0.3, 0.4) is 0 Å². The van der Waals surface area contributed by atoms with Gasteiger partial charge in [-0.3, -0.25) is 9.69 Å². The van der Waals surface area contributed by atoms with Crippen LogP contribution in [-0.4, -0.2) is 30.1 Å². The predicted octanol–water partition coefficient (Wildman–Crippen LogP) is 3.61. The second-order valence-corrected chi connectivity index (χ2v) is 7.10. The summed E-state index contributed by atoms with van der Waals surface area (Å²) >= 11 is 6.26. The molecule has 1 saturated heterocycles. The summed E-state index contributed by atoms with van der Waals surface area (Å²) in [6.45, 7) is 2.64. The van der Waals surface area contributed by atoms with Crippen molar-refractivity contribution in [2.24, 2.45) is 0 Å². The fourth-order valence-corrected chi connectivity index (χ4v) is 3.87. The monoisotopic (exact) mass is 404 g/mol. The zero-order chi connectivity index (χ0) is 19.9. The average Bonchev–Trinajstić information content (AvgIpc) is 2.94. The molecule has 4 rings (SSSR count). The summed E-state index contributed by atoms with van der Waals surface area (Å²) < 4.78 is 24.3. The van der Waals surface area contributed by atoms with Gasteiger partial charge in [-0.25, -0.2) is 9.18 Å². The maximum Gasteiger partial charge on any atom is 0.325 e. The van der Waals surface area contributed by atoms with Gasteiger partial charge in [0.25, 0.3) is 5.91 Å². The third kappa shape index (κ3) is 2.96. The van der Waals surface area contributed by atoms with Gasteiger partial charge < -0.3 is 14.8 Å². The Bertz CT molecular complexity index is 950. The molecule has 0 spiro atoms. The summed E-state index contributed by atoms with van der Waals surface area (Å²) in [6.07, 6.45) is 0.335. The van der Waals surface area contributed by atoms with E-state index in [9.17, 15) is 14.0 Å². The van der Waals surface area contributed by atoms with Gasteiger partial charge in [-0.05, 0) is 41.8 Å². The van der Waals surface area contributed by atoms with Gasteiger partial charge in [-0.2, -0.15) is 0 Å². The smallest absolute Gasteiger partial charge is 0.325 e. The minimum absolute atomic E-state index is 0.0317. The van der Waals surface area contributed by atoms with Crippen molar-refractivity contribution in [1.29, 1.82) is 0 Å². The van der Waals surface area contributed by atoms with Crippen LogP contribution in [0.1, 0.15) is 24.5 Å². The van der Waals surface area contributed by atoms with E-state index in [-0.39, 0.29) is 6.54 Å². The molecule has 2 aromatic rings. The summed E-state index contributed by atoms with van der Waals surface area (Å²) in [4.78, 5) is 26.9. The number of carbonyl (C=O) groups is 2. The predicted molar refractivity (Wildman–Crippen MR) is 99.9 cm³/mol. The molecular formula is C20H18ClFN2O4. The van der Waals surface area contributed by atoms with Crippen LogP contribution in [0.4, 0.5) is 9.18 Å². The van der Waals surface area contributed by atoms with E-state index in [1.165, 1.54) is 24.3 Å². The topological polar surface area (TPSA) is 67.9 Å². The molecule has 2 aliphatic rings. The highest BCUT2D eigenvalue weighted by Gasteiger charge is 2.51. The van der Waals surface area contributed by atoms with Crippen LogP contribution in [0.2, 0.25) is 5.02 Å². The van der Waals surface area contributed by atoms with E-state index in [1.807, 2.05) is 0 Å². The largest absolute Gasteiger partial charge is 0.486 e. The van der Waals surface area contributed by atoms with Gasteiger partial charge in [0.2, 0.25) is 0 Å². The first-order chi connectivity index (χ1) is 13.4. The highest BCUT2D eigenvalue weighted by atomic mass is 35.5. The van der Waals surface area contributed by atoms with E-state index in [0.717, 1.165) is 4.90 Å². The molecule has 2 aliphatic heterocycles. The van der Waals surface area contributed by atoms with Crippen molar-refractivity contribution in [3.8, 4) is 11.5 Å². The summed E-state index contributed by atoms with van der Waals surface area (Å²) in [5.74, 6) is 0.149. The van der Waals surface area contributed by atoms with Crippen LogP contribution in [0.5, 0.6) is 11.5 Å². The lowest BCUT2D eigenvalue weighted by atomic mass is 9.87. The number of hydrogen-bond acceptors (Lipinski definition) is 4. The molecular weight excluding hydrogens is 387 g/mol. The summed E-state index contributed by atoms with van der Waals surface area (Å²) in [6, 6.07) is 8.43. The maximum absolute atomic E-state index is 13.3. The zero-order valence-electron chi connectivity index (χ0n) is 15.1. The highest BCUT2D eigenvalue weighted by Crippen LogP contribution is 2.39. The molecule has 8 heteroatoms. The number of fused-ring (bicyclic) bond motifs is 1. The minimum Gasteiger partial charge on any atom is -0.486 e. The Hall–Kier alpha value is -2.80. The number of nitrogens with zero attached hydrogens (tertiary/aromatic N) is 1. The van der Waals surface area contributed by atoms with Gasteiger partial charge in [0.1, 0.15) is 24.6 Å². The number of urea groups is 1. The van der Waals surface area contributed by atoms with Crippen LogP contribution in [0, 0.1) is 5.82 Å². The molecule has 1 N–H and O–H groups in total. The molecule has 0 radical (unpaired) electrons. The van der Waals surface area contributed by atoms with Crippen LogP contribution >= 0.6 is 11.6 Å². The van der Waals surface area contributed by atoms with Crippen molar-refractivity contribution < 1.29 is 23.5 Å². The Kier molecular flexibility index (Phi) is 4.63. The van der Waals surface area contributed by atoms with Gasteiger partial charge in [0.15, 0.2) is 11.5 Å². The van der Waals surface area contributed by atoms with Crippen molar-refractivity contribution in [3.05, 3.63) is 58.4 Å². The highest BCUT2D eigenvalue weighted by molar-refractivity contribution is 6.32. The molecule has 1 fully saturated rings. The van der Waals surface area contributed by atoms with Crippen LogP contribution in [0.15, 0.2) is 36.4 Å². The minimum atomic E-state index is -1.22. The first-order valence-electron chi connectivity index (χ1n) is 8.93. The Balaban J connectivity index is 1.64. The van der Waals surface area contributed by atoms with Gasteiger partial charge in [0, 0.05) is 0 Å². The molecule has 146 valence electrons. The van der Waals surface area contributed by atoms with Crippen molar-refractivity contribution in [2.45, 2.75) is 25.4 Å². The molecule has 0 bridgehead atoms. The number of amides is 3. The van der Waals surface area contributed by atoms with Gasteiger partial charge in [-0.15, -0.1) is 0 Å². The quantitative estimate of drug-likeness (QED) is 0.790. The van der Waals surface area contributed by atoms with Crippen LogP contribution in [-0.2, 0) is 16.9 Å². The molecule has 6 nitrogen and oxygen atoms in total. The van der Waals surface area contributed by atoms with Crippen molar-refractivity contribution in [1.82, 2.24) is 10.2 Å². The lowest BCUT2D eigenvalue weighted by Crippen LogP contribution is -2.43. The van der Waals surface area contributed by atoms with E-state index < -0.39 is 23.3 Å². The van der Waals surface area contributed by atoms with E-state index in [2.05, 4.69) is 5.32 Å². The Morgan fingerprint density at radius 2 is 1.89 bits per heavy atom.